The number of unbranched alkanes of at least 4 members (excludes halogenated alkanes) is 5. The van der Waals surface area contributed by atoms with Crippen molar-refractivity contribution in [3.8, 4) is 0 Å². The van der Waals surface area contributed by atoms with Crippen LogP contribution < -0.4 is 0 Å². The molecule has 0 aromatic carbocycles. The van der Waals surface area contributed by atoms with Gasteiger partial charge in [0.1, 0.15) is 0 Å². The minimum atomic E-state index is -0.470. The molecule has 0 saturated heterocycles. The molecule has 0 spiro atoms. The number of rotatable bonds is 13. The molecule has 0 aliphatic heterocycles. The smallest absolute Gasteiger partial charge is 0.0759 e. The van der Waals surface area contributed by atoms with E-state index in [0.29, 0.717) is 6.42 Å². The highest BCUT2D eigenvalue weighted by atomic mass is 16.3. The van der Waals surface area contributed by atoms with E-state index >= 15 is 0 Å². The lowest BCUT2D eigenvalue weighted by Crippen LogP contribution is -1.99. The Hall–Kier alpha value is -1.71. The minimum Gasteiger partial charge on any atom is -0.396 e. The fraction of sp³-hybridized carbons (Fsp3) is 0.500. The van der Waals surface area contributed by atoms with Gasteiger partial charge in [-0.3, -0.25) is 0 Å². The number of nitrogens with zero attached hydrogens (tertiary/aromatic N) is 1. The van der Waals surface area contributed by atoms with Crippen LogP contribution >= 0.6 is 0 Å². The highest BCUT2D eigenvalue weighted by Gasteiger charge is 1.97. The van der Waals surface area contributed by atoms with Gasteiger partial charge in [-0.2, -0.15) is 0 Å². The Balaban J connectivity index is 2.39. The predicted molar refractivity (Wildman–Crippen MR) is 107 cm³/mol. The van der Waals surface area contributed by atoms with E-state index in [0.717, 1.165) is 37.1 Å². The van der Waals surface area contributed by atoms with Gasteiger partial charge < -0.3 is 10.2 Å². The number of pyridine rings is 1. The zero-order valence-corrected chi connectivity index (χ0v) is 15.5. The van der Waals surface area contributed by atoms with Crippen LogP contribution in [0.5, 0.6) is 0 Å². The fourth-order valence-corrected chi connectivity index (χ4v) is 2.39. The van der Waals surface area contributed by atoms with E-state index in [1.807, 2.05) is 30.4 Å². The van der Waals surface area contributed by atoms with Crippen molar-refractivity contribution in [2.75, 3.05) is 6.61 Å². The van der Waals surface area contributed by atoms with Crippen molar-refractivity contribution in [3.63, 3.8) is 0 Å². The topological polar surface area (TPSA) is 53.4 Å². The molecule has 1 heterocycles. The molecule has 3 heteroatoms. The zero-order chi connectivity index (χ0) is 18.2. The Bertz CT molecular complexity index is 535. The molecular formula is C22H33NO2. The van der Waals surface area contributed by atoms with Gasteiger partial charge in [-0.15, -0.1) is 0 Å². The third kappa shape index (κ3) is 11.5. The van der Waals surface area contributed by atoms with Crippen molar-refractivity contribution in [2.24, 2.45) is 0 Å². The summed E-state index contributed by atoms with van der Waals surface area (Å²) in [6.45, 7) is 2.46. The van der Waals surface area contributed by atoms with Gasteiger partial charge in [-0.1, -0.05) is 50.1 Å². The zero-order valence-electron chi connectivity index (χ0n) is 15.5. The molecule has 2 N–H and O–H groups in total. The van der Waals surface area contributed by atoms with Crippen LogP contribution in [0.15, 0.2) is 42.5 Å². The molecule has 0 radical (unpaired) electrons. The van der Waals surface area contributed by atoms with E-state index in [9.17, 15) is 5.11 Å². The summed E-state index contributed by atoms with van der Waals surface area (Å²) in [6.07, 6.45) is 19.8. The van der Waals surface area contributed by atoms with Crippen LogP contribution in [0.3, 0.4) is 0 Å². The van der Waals surface area contributed by atoms with E-state index in [1.54, 1.807) is 6.08 Å². The molecule has 0 fully saturated rings. The van der Waals surface area contributed by atoms with Crippen molar-refractivity contribution >= 4 is 12.2 Å². The quantitative estimate of drug-likeness (QED) is 0.384. The Morgan fingerprint density at radius 1 is 0.960 bits per heavy atom. The molecular weight excluding hydrogens is 310 g/mol. The first-order valence-corrected chi connectivity index (χ1v) is 9.52. The SMILES string of the molecule is CCCCCC=CC[C@@H](O)C=Cc1cccc(C=CCCCCO)n1. The molecule has 0 bridgehead atoms. The Kier molecular flexibility index (Phi) is 12.5. The second-order valence-corrected chi connectivity index (χ2v) is 6.24. The summed E-state index contributed by atoms with van der Waals surface area (Å²) < 4.78 is 0. The Labute approximate surface area is 152 Å². The van der Waals surface area contributed by atoms with Crippen LogP contribution in [0, 0.1) is 0 Å². The van der Waals surface area contributed by atoms with Gasteiger partial charge in [0.25, 0.3) is 0 Å². The number of aliphatic hydroxyl groups is 2. The summed E-state index contributed by atoms with van der Waals surface area (Å²) in [5, 5.41) is 18.8. The van der Waals surface area contributed by atoms with Crippen molar-refractivity contribution < 1.29 is 10.2 Å². The third-order valence-electron chi connectivity index (χ3n) is 3.87. The molecule has 0 amide bonds. The highest BCUT2D eigenvalue weighted by Crippen LogP contribution is 2.07. The van der Waals surface area contributed by atoms with Gasteiger partial charge in [-0.05, 0) is 62.8 Å². The Morgan fingerprint density at radius 2 is 1.68 bits per heavy atom. The van der Waals surface area contributed by atoms with Gasteiger partial charge in [-0.25, -0.2) is 4.98 Å². The van der Waals surface area contributed by atoms with Crippen molar-refractivity contribution in [1.29, 1.82) is 0 Å². The van der Waals surface area contributed by atoms with E-state index in [-0.39, 0.29) is 6.61 Å². The number of allylic oxidation sites excluding steroid dienone is 2. The van der Waals surface area contributed by atoms with E-state index in [2.05, 4.69) is 30.1 Å². The number of aromatic nitrogens is 1. The first kappa shape index (κ1) is 21.3. The fourth-order valence-electron chi connectivity index (χ4n) is 2.39. The van der Waals surface area contributed by atoms with Gasteiger partial charge in [0.2, 0.25) is 0 Å². The molecule has 3 nitrogen and oxygen atoms in total. The highest BCUT2D eigenvalue weighted by molar-refractivity contribution is 5.51. The summed E-state index contributed by atoms with van der Waals surface area (Å²) >= 11 is 0. The molecule has 0 aliphatic rings. The largest absolute Gasteiger partial charge is 0.396 e. The predicted octanol–water partition coefficient (Wildman–Crippen LogP) is 5.16. The van der Waals surface area contributed by atoms with Crippen molar-refractivity contribution in [3.05, 3.63) is 53.9 Å². The molecule has 0 saturated carbocycles. The second-order valence-electron chi connectivity index (χ2n) is 6.24. The molecule has 25 heavy (non-hydrogen) atoms. The Morgan fingerprint density at radius 3 is 2.44 bits per heavy atom. The monoisotopic (exact) mass is 343 g/mol. The normalized spacial score (nSPS) is 13.4. The average Bonchev–Trinajstić information content (AvgIpc) is 2.63. The lowest BCUT2D eigenvalue weighted by atomic mass is 10.1. The maximum atomic E-state index is 10.0. The average molecular weight is 344 g/mol. The van der Waals surface area contributed by atoms with Crippen LogP contribution in [-0.4, -0.2) is 27.9 Å². The summed E-state index contributed by atoms with van der Waals surface area (Å²) in [7, 11) is 0. The lowest BCUT2D eigenvalue weighted by Gasteiger charge is -2.01. The van der Waals surface area contributed by atoms with Crippen LogP contribution in [-0.2, 0) is 0 Å². The summed E-state index contributed by atoms with van der Waals surface area (Å²) in [6, 6.07) is 5.88. The van der Waals surface area contributed by atoms with Crippen molar-refractivity contribution in [2.45, 2.75) is 64.4 Å². The van der Waals surface area contributed by atoms with Crippen LogP contribution in [0.2, 0.25) is 0 Å². The van der Waals surface area contributed by atoms with Crippen molar-refractivity contribution in [1.82, 2.24) is 4.98 Å². The first-order valence-electron chi connectivity index (χ1n) is 9.52. The standard InChI is InChI=1S/C22H33NO2/c1-2-3-4-5-6-10-16-22(25)18-17-21-15-12-14-20(23-21)13-9-7-8-11-19-24/h6,9-10,12-15,17-18,22,24-25H,2-5,7-8,11,16,19H2,1H3/t22-/m1/s1. The molecule has 0 unspecified atom stereocenters. The van der Waals surface area contributed by atoms with Crippen LogP contribution in [0.1, 0.15) is 69.7 Å². The van der Waals surface area contributed by atoms with E-state index in [4.69, 9.17) is 5.11 Å². The summed E-state index contributed by atoms with van der Waals surface area (Å²) in [5.41, 5.74) is 1.76. The molecule has 0 aliphatic carbocycles. The van der Waals surface area contributed by atoms with E-state index < -0.39 is 6.10 Å². The molecule has 1 rings (SSSR count). The molecule has 1 aromatic rings. The summed E-state index contributed by atoms with van der Waals surface area (Å²) in [5.74, 6) is 0. The van der Waals surface area contributed by atoms with Crippen LogP contribution in [0.25, 0.3) is 12.2 Å². The van der Waals surface area contributed by atoms with Gasteiger partial charge in [0, 0.05) is 6.61 Å². The number of hydrogen-bond acceptors (Lipinski definition) is 3. The maximum absolute atomic E-state index is 10.0. The number of aliphatic hydroxyl groups excluding tert-OH is 2. The second kappa shape index (κ2) is 14.6. The van der Waals surface area contributed by atoms with Gasteiger partial charge in [0.05, 0.1) is 17.5 Å². The van der Waals surface area contributed by atoms with Crippen LogP contribution in [0.4, 0.5) is 0 Å². The first-order chi connectivity index (χ1) is 12.3. The maximum Gasteiger partial charge on any atom is 0.0759 e. The number of hydrogen-bond donors (Lipinski definition) is 2. The van der Waals surface area contributed by atoms with Gasteiger partial charge in [0.15, 0.2) is 0 Å². The lowest BCUT2D eigenvalue weighted by molar-refractivity contribution is 0.227. The third-order valence-corrected chi connectivity index (χ3v) is 3.87. The molecule has 1 aromatic heterocycles. The summed E-state index contributed by atoms with van der Waals surface area (Å²) in [4.78, 5) is 4.54. The molecule has 1 atom stereocenters. The van der Waals surface area contributed by atoms with Gasteiger partial charge >= 0.3 is 0 Å². The van der Waals surface area contributed by atoms with E-state index in [1.165, 1.54) is 19.3 Å². The molecule has 138 valence electrons. The minimum absolute atomic E-state index is 0.253.